The predicted molar refractivity (Wildman–Crippen MR) is 71.3 cm³/mol. The number of benzene rings is 1. The fraction of sp³-hybridized carbons (Fsp3) is 0.167. The highest BCUT2D eigenvalue weighted by molar-refractivity contribution is 7.80. The molecule has 0 saturated heterocycles. The standard InChI is InChI=1S/C12H13FN4S/c13-10-3-1-9(2-4-10)7-14-12(18)15-8-11-5-6-16-17-11/h1-6H,7-8H2,(H,16,17)(H2,14,15,18). The van der Waals surface area contributed by atoms with E-state index in [1.54, 1.807) is 18.3 Å². The lowest BCUT2D eigenvalue weighted by Gasteiger charge is -2.09. The number of halogens is 1. The van der Waals surface area contributed by atoms with Crippen LogP contribution < -0.4 is 10.6 Å². The molecule has 4 nitrogen and oxygen atoms in total. The van der Waals surface area contributed by atoms with Gasteiger partial charge in [0.25, 0.3) is 0 Å². The van der Waals surface area contributed by atoms with Gasteiger partial charge in [0.15, 0.2) is 5.11 Å². The van der Waals surface area contributed by atoms with Gasteiger partial charge in [-0.2, -0.15) is 5.10 Å². The lowest BCUT2D eigenvalue weighted by molar-refractivity contribution is 0.626. The molecule has 0 aliphatic rings. The van der Waals surface area contributed by atoms with E-state index in [4.69, 9.17) is 12.2 Å². The Bertz CT molecular complexity index is 495. The molecule has 0 atom stereocenters. The second-order valence-electron chi connectivity index (χ2n) is 3.74. The van der Waals surface area contributed by atoms with E-state index in [-0.39, 0.29) is 5.82 Å². The fourth-order valence-corrected chi connectivity index (χ4v) is 1.55. The molecule has 0 radical (unpaired) electrons. The molecule has 0 spiro atoms. The van der Waals surface area contributed by atoms with Gasteiger partial charge < -0.3 is 10.6 Å². The molecular weight excluding hydrogens is 251 g/mol. The Morgan fingerprint density at radius 2 is 1.89 bits per heavy atom. The van der Waals surface area contributed by atoms with E-state index in [9.17, 15) is 4.39 Å². The van der Waals surface area contributed by atoms with E-state index in [0.717, 1.165) is 11.3 Å². The van der Waals surface area contributed by atoms with Crippen molar-refractivity contribution in [3.63, 3.8) is 0 Å². The molecule has 0 bridgehead atoms. The number of rotatable bonds is 4. The first-order valence-electron chi connectivity index (χ1n) is 5.48. The maximum Gasteiger partial charge on any atom is 0.166 e. The Morgan fingerprint density at radius 3 is 2.56 bits per heavy atom. The van der Waals surface area contributed by atoms with Crippen LogP contribution in [-0.2, 0) is 13.1 Å². The first kappa shape index (κ1) is 12.5. The molecule has 2 rings (SSSR count). The molecule has 0 fully saturated rings. The summed E-state index contributed by atoms with van der Waals surface area (Å²) in [6, 6.07) is 8.17. The van der Waals surface area contributed by atoms with Gasteiger partial charge in [-0.25, -0.2) is 4.39 Å². The Hall–Kier alpha value is -1.95. The highest BCUT2D eigenvalue weighted by Gasteiger charge is 1.98. The summed E-state index contributed by atoms with van der Waals surface area (Å²) >= 11 is 5.12. The number of nitrogens with one attached hydrogen (secondary N) is 3. The zero-order valence-corrected chi connectivity index (χ0v) is 10.4. The van der Waals surface area contributed by atoms with Gasteiger partial charge in [-0.1, -0.05) is 12.1 Å². The summed E-state index contributed by atoms with van der Waals surface area (Å²) in [5, 5.41) is 13.3. The van der Waals surface area contributed by atoms with Gasteiger partial charge in [0.1, 0.15) is 5.82 Å². The highest BCUT2D eigenvalue weighted by Crippen LogP contribution is 2.01. The Morgan fingerprint density at radius 1 is 1.17 bits per heavy atom. The predicted octanol–water partition coefficient (Wildman–Crippen LogP) is 1.71. The first-order valence-corrected chi connectivity index (χ1v) is 5.89. The fourth-order valence-electron chi connectivity index (χ4n) is 1.41. The highest BCUT2D eigenvalue weighted by atomic mass is 32.1. The molecule has 18 heavy (non-hydrogen) atoms. The Labute approximate surface area is 110 Å². The molecule has 6 heteroatoms. The number of H-pyrrole nitrogens is 1. The minimum Gasteiger partial charge on any atom is -0.359 e. The van der Waals surface area contributed by atoms with Gasteiger partial charge in [-0.15, -0.1) is 0 Å². The summed E-state index contributed by atoms with van der Waals surface area (Å²) in [5.41, 5.74) is 1.93. The molecule has 1 heterocycles. The zero-order chi connectivity index (χ0) is 12.8. The lowest BCUT2D eigenvalue weighted by atomic mass is 10.2. The van der Waals surface area contributed by atoms with Crippen molar-refractivity contribution < 1.29 is 4.39 Å². The number of thiocarbonyl (C=S) groups is 1. The number of aromatic amines is 1. The number of aromatic nitrogens is 2. The summed E-state index contributed by atoms with van der Waals surface area (Å²) in [5.74, 6) is -0.237. The second-order valence-corrected chi connectivity index (χ2v) is 4.15. The quantitative estimate of drug-likeness (QED) is 0.736. The molecule has 3 N–H and O–H groups in total. The van der Waals surface area contributed by atoms with Crippen molar-refractivity contribution in [2.24, 2.45) is 0 Å². The maximum atomic E-state index is 12.7. The van der Waals surface area contributed by atoms with Crippen molar-refractivity contribution in [3.05, 3.63) is 53.6 Å². The van der Waals surface area contributed by atoms with Gasteiger partial charge in [0.2, 0.25) is 0 Å². The molecule has 1 aromatic heterocycles. The van der Waals surface area contributed by atoms with Crippen LogP contribution in [0, 0.1) is 5.82 Å². The summed E-state index contributed by atoms with van der Waals surface area (Å²) in [7, 11) is 0. The number of nitrogens with zero attached hydrogens (tertiary/aromatic N) is 1. The molecule has 94 valence electrons. The smallest absolute Gasteiger partial charge is 0.166 e. The largest absolute Gasteiger partial charge is 0.359 e. The third-order valence-corrected chi connectivity index (χ3v) is 2.65. The van der Waals surface area contributed by atoms with Crippen LogP contribution in [0.15, 0.2) is 36.5 Å². The van der Waals surface area contributed by atoms with Crippen LogP contribution >= 0.6 is 12.2 Å². The lowest BCUT2D eigenvalue weighted by Crippen LogP contribution is -2.34. The average Bonchev–Trinajstić information content (AvgIpc) is 2.89. The molecule has 0 saturated carbocycles. The molecule has 0 aliphatic carbocycles. The number of hydrogen-bond acceptors (Lipinski definition) is 2. The normalized spacial score (nSPS) is 10.1. The van der Waals surface area contributed by atoms with Gasteiger partial charge >= 0.3 is 0 Å². The monoisotopic (exact) mass is 264 g/mol. The zero-order valence-electron chi connectivity index (χ0n) is 9.61. The van der Waals surface area contributed by atoms with E-state index >= 15 is 0 Å². The van der Waals surface area contributed by atoms with E-state index in [0.29, 0.717) is 18.2 Å². The van der Waals surface area contributed by atoms with E-state index in [1.807, 2.05) is 6.07 Å². The van der Waals surface area contributed by atoms with Crippen LogP contribution in [-0.4, -0.2) is 15.3 Å². The molecule has 0 aliphatic heterocycles. The Kier molecular flexibility index (Phi) is 4.25. The van der Waals surface area contributed by atoms with Gasteiger partial charge in [-0.05, 0) is 36.0 Å². The SMILES string of the molecule is Fc1ccc(CNC(=S)NCc2ccn[nH]2)cc1. The van der Waals surface area contributed by atoms with Crippen molar-refractivity contribution in [2.75, 3.05) is 0 Å². The van der Waals surface area contributed by atoms with E-state index < -0.39 is 0 Å². The summed E-state index contributed by atoms with van der Waals surface area (Å²) in [6.07, 6.45) is 1.69. The second kappa shape index (κ2) is 6.11. The first-order chi connectivity index (χ1) is 8.74. The molecule has 1 aromatic carbocycles. The van der Waals surface area contributed by atoms with Crippen molar-refractivity contribution in [3.8, 4) is 0 Å². The minimum atomic E-state index is -0.237. The molecule has 0 amide bonds. The molecule has 2 aromatic rings. The van der Waals surface area contributed by atoms with Crippen molar-refractivity contribution in [1.29, 1.82) is 0 Å². The van der Waals surface area contributed by atoms with E-state index in [1.165, 1.54) is 12.1 Å². The average molecular weight is 264 g/mol. The Balaban J connectivity index is 1.73. The van der Waals surface area contributed by atoms with Crippen molar-refractivity contribution in [2.45, 2.75) is 13.1 Å². The van der Waals surface area contributed by atoms with Crippen LogP contribution in [0.1, 0.15) is 11.3 Å². The van der Waals surface area contributed by atoms with E-state index in [2.05, 4.69) is 20.8 Å². The van der Waals surface area contributed by atoms with Gasteiger partial charge in [-0.3, -0.25) is 5.10 Å². The summed E-state index contributed by atoms with van der Waals surface area (Å²) in [6.45, 7) is 1.16. The molecular formula is C12H13FN4S. The van der Waals surface area contributed by atoms with Crippen LogP contribution in [0.5, 0.6) is 0 Å². The van der Waals surface area contributed by atoms with Crippen LogP contribution in [0.3, 0.4) is 0 Å². The topological polar surface area (TPSA) is 52.7 Å². The summed E-state index contributed by atoms with van der Waals surface area (Å²) < 4.78 is 12.7. The van der Waals surface area contributed by atoms with Gasteiger partial charge in [0, 0.05) is 12.7 Å². The third kappa shape index (κ3) is 3.81. The summed E-state index contributed by atoms with van der Waals surface area (Å²) in [4.78, 5) is 0. The van der Waals surface area contributed by atoms with Crippen LogP contribution in [0.2, 0.25) is 0 Å². The maximum absolute atomic E-state index is 12.7. The van der Waals surface area contributed by atoms with Crippen LogP contribution in [0.25, 0.3) is 0 Å². The van der Waals surface area contributed by atoms with Crippen molar-refractivity contribution in [1.82, 2.24) is 20.8 Å². The third-order valence-electron chi connectivity index (χ3n) is 2.36. The molecule has 0 unspecified atom stereocenters. The van der Waals surface area contributed by atoms with Crippen molar-refractivity contribution >= 4 is 17.3 Å². The number of hydrogen-bond donors (Lipinski definition) is 3. The van der Waals surface area contributed by atoms with Crippen LogP contribution in [0.4, 0.5) is 4.39 Å². The van der Waals surface area contributed by atoms with Gasteiger partial charge in [0.05, 0.1) is 12.2 Å². The minimum absolute atomic E-state index is 0.237.